The molecule has 0 fully saturated rings. The lowest BCUT2D eigenvalue weighted by atomic mass is 10.2. The lowest BCUT2D eigenvalue weighted by Crippen LogP contribution is -2.27. The highest BCUT2D eigenvalue weighted by molar-refractivity contribution is 5.93. The molecule has 1 rings (SSSR count). The van der Waals surface area contributed by atoms with Crippen LogP contribution in [0.2, 0.25) is 0 Å². The first-order valence-electron chi connectivity index (χ1n) is 5.46. The molecule has 1 heterocycles. The molecule has 98 valence electrons. The Balaban J connectivity index is 2.85. The first kappa shape index (κ1) is 14.0. The van der Waals surface area contributed by atoms with Gasteiger partial charge in [0, 0.05) is 11.4 Å². The van der Waals surface area contributed by atoms with Crippen molar-refractivity contribution in [2.75, 3.05) is 5.32 Å². The maximum absolute atomic E-state index is 11.6. The van der Waals surface area contributed by atoms with Crippen LogP contribution in [0.25, 0.3) is 0 Å². The Morgan fingerprint density at radius 2 is 1.94 bits per heavy atom. The van der Waals surface area contributed by atoms with Gasteiger partial charge in [0.05, 0.1) is 0 Å². The van der Waals surface area contributed by atoms with E-state index in [2.05, 4.69) is 10.3 Å². The van der Waals surface area contributed by atoms with Crippen molar-refractivity contribution in [2.45, 2.75) is 33.3 Å². The van der Waals surface area contributed by atoms with Crippen molar-refractivity contribution in [1.82, 2.24) is 4.98 Å². The molecule has 2 amide bonds. The molecule has 0 aliphatic rings. The van der Waals surface area contributed by atoms with Gasteiger partial charge in [-0.3, -0.25) is 10.1 Å². The van der Waals surface area contributed by atoms with Gasteiger partial charge in [-0.1, -0.05) is 0 Å². The number of carbonyl (C=O) groups excluding carboxylic acids is 2. The summed E-state index contributed by atoms with van der Waals surface area (Å²) in [6, 6.07) is 3.02. The Labute approximate surface area is 106 Å². The van der Waals surface area contributed by atoms with E-state index in [1.54, 1.807) is 33.8 Å². The van der Waals surface area contributed by atoms with E-state index in [1.807, 2.05) is 0 Å². The summed E-state index contributed by atoms with van der Waals surface area (Å²) in [7, 11) is 0. The van der Waals surface area contributed by atoms with Gasteiger partial charge in [-0.15, -0.1) is 0 Å². The van der Waals surface area contributed by atoms with Crippen molar-refractivity contribution in [3.63, 3.8) is 0 Å². The summed E-state index contributed by atoms with van der Waals surface area (Å²) in [6.07, 6.45) is -0.594. The lowest BCUT2D eigenvalue weighted by molar-refractivity contribution is 0.0635. The molecule has 0 bridgehead atoms. The molecule has 6 heteroatoms. The second-order valence-corrected chi connectivity index (χ2v) is 4.87. The molecule has 1 aromatic rings. The number of nitrogens with two attached hydrogens (primary N) is 1. The van der Waals surface area contributed by atoms with Gasteiger partial charge >= 0.3 is 6.09 Å². The van der Waals surface area contributed by atoms with Crippen molar-refractivity contribution in [3.8, 4) is 0 Å². The number of ether oxygens (including phenoxy) is 1. The Morgan fingerprint density at radius 1 is 1.33 bits per heavy atom. The van der Waals surface area contributed by atoms with Gasteiger partial charge in [0.15, 0.2) is 0 Å². The molecule has 0 aliphatic carbocycles. The summed E-state index contributed by atoms with van der Waals surface area (Å²) < 4.78 is 5.10. The van der Waals surface area contributed by atoms with Gasteiger partial charge in [0.2, 0.25) is 0 Å². The van der Waals surface area contributed by atoms with Crippen LogP contribution in [0.1, 0.15) is 37.0 Å². The van der Waals surface area contributed by atoms with Crippen LogP contribution in [0.5, 0.6) is 0 Å². The van der Waals surface area contributed by atoms with Crippen molar-refractivity contribution in [3.05, 3.63) is 23.5 Å². The number of nitrogens with zero attached hydrogens (tertiary/aromatic N) is 1. The number of nitrogens with one attached hydrogen (secondary N) is 1. The fraction of sp³-hybridized carbons (Fsp3) is 0.417. The summed E-state index contributed by atoms with van der Waals surface area (Å²) in [5, 5.41) is 2.53. The van der Waals surface area contributed by atoms with E-state index in [9.17, 15) is 9.59 Å². The number of aromatic nitrogens is 1. The molecular formula is C12H17N3O3. The third-order valence-corrected chi connectivity index (χ3v) is 1.85. The van der Waals surface area contributed by atoms with Crippen LogP contribution >= 0.6 is 0 Å². The number of carbonyl (C=O) groups is 2. The normalized spacial score (nSPS) is 10.9. The summed E-state index contributed by atoms with van der Waals surface area (Å²) in [5.74, 6) is -0.647. The number of hydrogen-bond donors (Lipinski definition) is 2. The molecule has 18 heavy (non-hydrogen) atoms. The van der Waals surface area contributed by atoms with Gasteiger partial charge in [-0.2, -0.15) is 0 Å². The van der Waals surface area contributed by atoms with Crippen LogP contribution < -0.4 is 11.1 Å². The minimum Gasteiger partial charge on any atom is -0.444 e. The highest BCUT2D eigenvalue weighted by atomic mass is 16.6. The molecule has 0 saturated carbocycles. The molecule has 3 N–H and O–H groups in total. The number of aryl methyl sites for hydroxylation is 1. The minimum atomic E-state index is -0.647. The predicted molar refractivity (Wildman–Crippen MR) is 67.3 cm³/mol. The van der Waals surface area contributed by atoms with Crippen LogP contribution in [0.15, 0.2) is 12.1 Å². The molecule has 0 spiro atoms. The zero-order valence-electron chi connectivity index (χ0n) is 10.9. The predicted octanol–water partition coefficient (Wildman–Crippen LogP) is 1.84. The average molecular weight is 251 g/mol. The maximum atomic E-state index is 11.6. The topological polar surface area (TPSA) is 94.3 Å². The summed E-state index contributed by atoms with van der Waals surface area (Å²) in [5.41, 5.74) is 5.65. The third-order valence-electron chi connectivity index (χ3n) is 1.85. The zero-order chi connectivity index (χ0) is 13.9. The molecule has 0 radical (unpaired) electrons. The monoisotopic (exact) mass is 251 g/mol. The molecule has 0 unspecified atom stereocenters. The van der Waals surface area contributed by atoms with E-state index in [0.717, 1.165) is 0 Å². The highest BCUT2D eigenvalue weighted by Crippen LogP contribution is 2.13. The highest BCUT2D eigenvalue weighted by Gasteiger charge is 2.16. The van der Waals surface area contributed by atoms with Crippen LogP contribution in [0.3, 0.4) is 0 Å². The second-order valence-electron chi connectivity index (χ2n) is 4.87. The molecule has 6 nitrogen and oxygen atoms in total. The molecular weight excluding hydrogens is 234 g/mol. The SMILES string of the molecule is Cc1cc(NC(=O)OC(C)(C)C)cc(C(N)=O)n1. The number of hydrogen-bond acceptors (Lipinski definition) is 4. The van der Waals surface area contributed by atoms with Crippen LogP contribution in [-0.2, 0) is 4.74 Å². The lowest BCUT2D eigenvalue weighted by Gasteiger charge is -2.19. The first-order chi connectivity index (χ1) is 8.17. The fourth-order valence-corrected chi connectivity index (χ4v) is 1.29. The molecule has 0 saturated heterocycles. The largest absolute Gasteiger partial charge is 0.444 e. The number of pyridine rings is 1. The van der Waals surface area contributed by atoms with Gasteiger partial charge in [0.1, 0.15) is 11.3 Å². The molecule has 0 aromatic carbocycles. The first-order valence-corrected chi connectivity index (χ1v) is 5.46. The maximum Gasteiger partial charge on any atom is 0.412 e. The molecule has 0 atom stereocenters. The Morgan fingerprint density at radius 3 is 2.44 bits per heavy atom. The average Bonchev–Trinajstić information content (AvgIpc) is 2.12. The van der Waals surface area contributed by atoms with Crippen molar-refractivity contribution < 1.29 is 14.3 Å². The van der Waals surface area contributed by atoms with E-state index in [4.69, 9.17) is 10.5 Å². The van der Waals surface area contributed by atoms with Gasteiger partial charge in [0.25, 0.3) is 5.91 Å². The minimum absolute atomic E-state index is 0.0982. The Kier molecular flexibility index (Phi) is 3.90. The van der Waals surface area contributed by atoms with E-state index < -0.39 is 17.6 Å². The van der Waals surface area contributed by atoms with Crippen molar-refractivity contribution >= 4 is 17.7 Å². The van der Waals surface area contributed by atoms with Gasteiger partial charge in [-0.25, -0.2) is 9.78 Å². The number of primary amides is 1. The van der Waals surface area contributed by atoms with E-state index in [1.165, 1.54) is 6.07 Å². The number of amides is 2. The quantitative estimate of drug-likeness (QED) is 0.838. The van der Waals surface area contributed by atoms with Crippen molar-refractivity contribution in [1.29, 1.82) is 0 Å². The fourth-order valence-electron chi connectivity index (χ4n) is 1.29. The molecule has 1 aromatic heterocycles. The van der Waals surface area contributed by atoms with Crippen molar-refractivity contribution in [2.24, 2.45) is 5.73 Å². The van der Waals surface area contributed by atoms with E-state index in [-0.39, 0.29) is 5.69 Å². The summed E-state index contributed by atoms with van der Waals surface area (Å²) in [6.45, 7) is 6.99. The summed E-state index contributed by atoms with van der Waals surface area (Å²) in [4.78, 5) is 26.5. The van der Waals surface area contributed by atoms with Gasteiger partial charge < -0.3 is 10.5 Å². The van der Waals surface area contributed by atoms with E-state index >= 15 is 0 Å². The molecule has 0 aliphatic heterocycles. The summed E-state index contributed by atoms with van der Waals surface area (Å²) >= 11 is 0. The Bertz CT molecular complexity index is 478. The smallest absolute Gasteiger partial charge is 0.412 e. The number of rotatable bonds is 2. The van der Waals surface area contributed by atoms with Crippen LogP contribution in [0.4, 0.5) is 10.5 Å². The zero-order valence-corrected chi connectivity index (χ0v) is 10.9. The van der Waals surface area contributed by atoms with E-state index in [0.29, 0.717) is 11.4 Å². The number of anilines is 1. The second kappa shape index (κ2) is 5.03. The third kappa shape index (κ3) is 4.40. The van der Waals surface area contributed by atoms with Crippen LogP contribution in [-0.4, -0.2) is 22.6 Å². The van der Waals surface area contributed by atoms with Gasteiger partial charge in [-0.05, 0) is 39.8 Å². The van der Waals surface area contributed by atoms with Crippen LogP contribution in [0, 0.1) is 6.92 Å². The Hall–Kier alpha value is -2.11. The standard InChI is InChI=1S/C12H17N3O3/c1-7-5-8(6-9(14-7)10(13)16)15-11(17)18-12(2,3)4/h5-6H,1-4H3,(H2,13,16)(H,14,15,17).